The second kappa shape index (κ2) is 8.73. The van der Waals surface area contributed by atoms with E-state index >= 15 is 0 Å². The van der Waals surface area contributed by atoms with Crippen LogP contribution in [0.4, 0.5) is 0 Å². The van der Waals surface area contributed by atoms with Crippen molar-refractivity contribution in [3.63, 3.8) is 0 Å². The maximum absolute atomic E-state index is 14.4. The number of aliphatic hydroxyl groups is 1. The fraction of sp³-hybridized carbons (Fsp3) is 0.741. The van der Waals surface area contributed by atoms with Crippen LogP contribution < -0.4 is 0 Å². The number of carbonyl (C=O) groups is 3. The average Bonchev–Trinajstić information content (AvgIpc) is 3.01. The number of ether oxygens (including phenoxy) is 2. The van der Waals surface area contributed by atoms with Crippen LogP contribution in [0.3, 0.4) is 0 Å². The predicted molar refractivity (Wildman–Crippen MR) is 130 cm³/mol. The SMILES string of the molecule is CC(C)[C@H](CO)N1C(=O)[C@@H]2[C@@H]3C(=O)OCC=C[C@@H]3O[C@@]23C=CCN(C(C)(C)CC(C)(C)C)C(=O)C13. The van der Waals surface area contributed by atoms with Gasteiger partial charge >= 0.3 is 5.97 Å². The van der Waals surface area contributed by atoms with Gasteiger partial charge in [0.15, 0.2) is 0 Å². The molecule has 8 heteroatoms. The van der Waals surface area contributed by atoms with Gasteiger partial charge in [0.1, 0.15) is 24.2 Å². The number of carbonyl (C=O) groups excluding carboxylic acids is 3. The summed E-state index contributed by atoms with van der Waals surface area (Å²) >= 11 is 0. The van der Waals surface area contributed by atoms with Gasteiger partial charge in [0.25, 0.3) is 0 Å². The summed E-state index contributed by atoms with van der Waals surface area (Å²) in [5.74, 6) is -2.88. The first-order chi connectivity index (χ1) is 16.2. The van der Waals surface area contributed by atoms with Crippen LogP contribution in [0.25, 0.3) is 0 Å². The number of cyclic esters (lactones) is 1. The second-order valence-electron chi connectivity index (χ2n) is 12.5. The van der Waals surface area contributed by atoms with Crippen LogP contribution in [-0.4, -0.2) is 81.8 Å². The number of likely N-dealkylation sites (tertiary alicyclic amines) is 1. The molecule has 0 aromatic rings. The third-order valence-electron chi connectivity index (χ3n) is 7.86. The number of hydrogen-bond donors (Lipinski definition) is 1. The highest BCUT2D eigenvalue weighted by Gasteiger charge is 2.73. The smallest absolute Gasteiger partial charge is 0.313 e. The van der Waals surface area contributed by atoms with E-state index in [-0.39, 0.29) is 36.4 Å². The summed E-state index contributed by atoms with van der Waals surface area (Å²) in [4.78, 5) is 44.9. The fourth-order valence-corrected chi connectivity index (χ4v) is 6.82. The monoisotopic (exact) mass is 488 g/mol. The summed E-state index contributed by atoms with van der Waals surface area (Å²) in [6.45, 7) is 14.6. The van der Waals surface area contributed by atoms with Crippen molar-refractivity contribution < 1.29 is 29.0 Å². The first-order valence-electron chi connectivity index (χ1n) is 12.7. The summed E-state index contributed by atoms with van der Waals surface area (Å²) < 4.78 is 11.9. The van der Waals surface area contributed by atoms with Crippen LogP contribution in [0.15, 0.2) is 24.3 Å². The highest BCUT2D eigenvalue weighted by molar-refractivity contribution is 5.99. The summed E-state index contributed by atoms with van der Waals surface area (Å²) in [7, 11) is 0. The summed E-state index contributed by atoms with van der Waals surface area (Å²) in [6.07, 6.45) is 7.33. The van der Waals surface area contributed by atoms with Crippen molar-refractivity contribution in [2.75, 3.05) is 19.8 Å². The third-order valence-corrected chi connectivity index (χ3v) is 7.86. The van der Waals surface area contributed by atoms with E-state index in [2.05, 4.69) is 20.8 Å². The number of rotatable bonds is 5. The van der Waals surface area contributed by atoms with Gasteiger partial charge in [0.2, 0.25) is 11.8 Å². The van der Waals surface area contributed by atoms with Gasteiger partial charge in [-0.2, -0.15) is 0 Å². The molecule has 0 aliphatic carbocycles. The minimum atomic E-state index is -1.31. The zero-order valence-electron chi connectivity index (χ0n) is 22.0. The van der Waals surface area contributed by atoms with Crippen molar-refractivity contribution in [1.29, 1.82) is 0 Å². The largest absolute Gasteiger partial charge is 0.461 e. The molecule has 35 heavy (non-hydrogen) atoms. The van der Waals surface area contributed by atoms with Gasteiger partial charge in [-0.1, -0.05) is 52.8 Å². The van der Waals surface area contributed by atoms with Crippen LogP contribution >= 0.6 is 0 Å². The molecule has 0 saturated carbocycles. The molecule has 2 fully saturated rings. The van der Waals surface area contributed by atoms with Crippen LogP contribution in [-0.2, 0) is 23.9 Å². The molecule has 8 nitrogen and oxygen atoms in total. The standard InChI is InChI=1S/C27H40N2O6/c1-16(2)17(14-30)29-21-23(32)28(26(6,7)15-25(3,4)5)12-9-11-27(21)20(22(29)31)19-18(35-27)10-8-13-34-24(19)33/h8-11,16-21,30H,12-15H2,1-7H3/t17-,18-,19+,20-,21?,27-/m0/s1. The Labute approximate surface area is 208 Å². The van der Waals surface area contributed by atoms with E-state index in [4.69, 9.17) is 9.47 Å². The molecule has 4 rings (SSSR count). The molecule has 2 amide bonds. The fourth-order valence-electron chi connectivity index (χ4n) is 6.82. The van der Waals surface area contributed by atoms with Crippen LogP contribution in [0, 0.1) is 23.2 Å². The lowest BCUT2D eigenvalue weighted by Crippen LogP contribution is -2.62. The summed E-state index contributed by atoms with van der Waals surface area (Å²) in [6, 6.07) is -1.57. The molecule has 194 valence electrons. The molecule has 1 N–H and O–H groups in total. The Balaban J connectivity index is 1.86. The van der Waals surface area contributed by atoms with E-state index < -0.39 is 47.1 Å². The van der Waals surface area contributed by atoms with E-state index in [1.807, 2.05) is 44.7 Å². The zero-order chi connectivity index (χ0) is 25.9. The molecule has 0 radical (unpaired) electrons. The predicted octanol–water partition coefficient (Wildman–Crippen LogP) is 2.31. The average molecular weight is 489 g/mol. The van der Waals surface area contributed by atoms with Gasteiger partial charge in [0.05, 0.1) is 24.7 Å². The molecule has 4 aliphatic rings. The Hall–Kier alpha value is -2.19. The highest BCUT2D eigenvalue weighted by Crippen LogP contribution is 2.54. The molecular formula is C27H40N2O6. The molecule has 4 heterocycles. The van der Waals surface area contributed by atoms with E-state index in [0.717, 1.165) is 6.42 Å². The maximum Gasteiger partial charge on any atom is 0.313 e. The second-order valence-corrected chi connectivity index (χ2v) is 12.5. The van der Waals surface area contributed by atoms with Crippen molar-refractivity contribution in [1.82, 2.24) is 9.80 Å². The first kappa shape index (κ1) is 25.9. The van der Waals surface area contributed by atoms with Crippen molar-refractivity contribution in [3.8, 4) is 0 Å². The van der Waals surface area contributed by atoms with Gasteiger partial charge in [0, 0.05) is 12.1 Å². The normalized spacial score (nSPS) is 33.9. The molecule has 1 unspecified atom stereocenters. The zero-order valence-corrected chi connectivity index (χ0v) is 22.0. The lowest BCUT2D eigenvalue weighted by molar-refractivity contribution is -0.157. The Bertz CT molecular complexity index is 948. The maximum atomic E-state index is 14.4. The lowest BCUT2D eigenvalue weighted by Gasteiger charge is -2.45. The summed E-state index contributed by atoms with van der Waals surface area (Å²) in [5, 5.41) is 10.3. The van der Waals surface area contributed by atoms with Crippen molar-refractivity contribution in [3.05, 3.63) is 24.3 Å². The number of nitrogens with zero attached hydrogens (tertiary/aromatic N) is 2. The number of fused-ring (bicyclic) bond motifs is 2. The molecule has 6 atom stereocenters. The topological polar surface area (TPSA) is 96.4 Å². The number of hydrogen-bond acceptors (Lipinski definition) is 6. The molecular weight excluding hydrogens is 448 g/mol. The van der Waals surface area contributed by atoms with Gasteiger partial charge in [-0.05, 0) is 37.7 Å². The Morgan fingerprint density at radius 1 is 1.11 bits per heavy atom. The molecule has 2 saturated heterocycles. The Morgan fingerprint density at radius 3 is 2.40 bits per heavy atom. The minimum Gasteiger partial charge on any atom is -0.461 e. The van der Waals surface area contributed by atoms with E-state index in [9.17, 15) is 19.5 Å². The van der Waals surface area contributed by atoms with Gasteiger partial charge in [-0.25, -0.2) is 0 Å². The molecule has 0 aromatic carbocycles. The van der Waals surface area contributed by atoms with Gasteiger partial charge < -0.3 is 24.4 Å². The first-order valence-corrected chi connectivity index (χ1v) is 12.7. The van der Waals surface area contributed by atoms with E-state index in [1.54, 1.807) is 12.2 Å². The van der Waals surface area contributed by atoms with Crippen molar-refractivity contribution >= 4 is 17.8 Å². The summed E-state index contributed by atoms with van der Waals surface area (Å²) in [5.41, 5.74) is -1.83. The number of esters is 1. The Kier molecular flexibility index (Phi) is 6.46. The van der Waals surface area contributed by atoms with E-state index in [0.29, 0.717) is 6.54 Å². The quantitative estimate of drug-likeness (QED) is 0.471. The highest BCUT2D eigenvalue weighted by atomic mass is 16.6. The lowest BCUT2D eigenvalue weighted by atomic mass is 9.77. The van der Waals surface area contributed by atoms with Crippen LogP contribution in [0.2, 0.25) is 0 Å². The van der Waals surface area contributed by atoms with Crippen molar-refractivity contribution in [2.24, 2.45) is 23.2 Å². The van der Waals surface area contributed by atoms with Crippen LogP contribution in [0.1, 0.15) is 54.9 Å². The van der Waals surface area contributed by atoms with Crippen LogP contribution in [0.5, 0.6) is 0 Å². The van der Waals surface area contributed by atoms with Crippen molar-refractivity contribution in [2.45, 2.75) is 84.2 Å². The van der Waals surface area contributed by atoms with E-state index in [1.165, 1.54) is 4.90 Å². The van der Waals surface area contributed by atoms with Gasteiger partial charge in [-0.3, -0.25) is 14.4 Å². The minimum absolute atomic E-state index is 0.0254. The molecule has 0 aromatic heterocycles. The molecule has 0 bridgehead atoms. The Morgan fingerprint density at radius 2 is 1.80 bits per heavy atom. The number of amides is 2. The van der Waals surface area contributed by atoms with Gasteiger partial charge in [-0.15, -0.1) is 0 Å². The number of aliphatic hydroxyl groups excluding tert-OH is 1. The molecule has 4 aliphatic heterocycles. The third kappa shape index (κ3) is 4.12. The molecule has 1 spiro atoms.